The Hall–Kier alpha value is -3.32. The molecule has 1 amide bonds. The molecule has 0 fully saturated rings. The summed E-state index contributed by atoms with van der Waals surface area (Å²) in [5.41, 5.74) is 3.06. The summed E-state index contributed by atoms with van der Waals surface area (Å²) in [6.07, 6.45) is 2.91. The van der Waals surface area contributed by atoms with E-state index in [1.54, 1.807) is 48.5 Å². The van der Waals surface area contributed by atoms with Gasteiger partial charge in [-0.3, -0.25) is 14.9 Å². The van der Waals surface area contributed by atoms with Gasteiger partial charge in [0, 0.05) is 12.3 Å². The second-order valence-electron chi connectivity index (χ2n) is 4.74. The summed E-state index contributed by atoms with van der Waals surface area (Å²) in [7, 11) is 0. The van der Waals surface area contributed by atoms with Crippen LogP contribution in [0.5, 0.6) is 0 Å². The number of hydrogen-bond donors (Lipinski definition) is 2. The minimum atomic E-state index is -1.32. The number of allylic oxidation sites excluding steroid dienone is 1. The van der Waals surface area contributed by atoms with Crippen molar-refractivity contribution in [2.45, 2.75) is 6.10 Å². The average Bonchev–Trinajstić information content (AvgIpc) is 2.61. The largest absolute Gasteiger partial charge is 0.378 e. The number of hydrazone groups is 1. The van der Waals surface area contributed by atoms with Gasteiger partial charge >= 0.3 is 0 Å². The molecule has 7 nitrogen and oxygen atoms in total. The summed E-state index contributed by atoms with van der Waals surface area (Å²) in [6, 6.07) is 14.7. The molecule has 2 aromatic rings. The van der Waals surface area contributed by atoms with Crippen LogP contribution in [0.1, 0.15) is 17.2 Å². The van der Waals surface area contributed by atoms with Gasteiger partial charge in [0.25, 0.3) is 11.6 Å². The van der Waals surface area contributed by atoms with Crippen molar-refractivity contribution in [1.29, 1.82) is 0 Å². The van der Waals surface area contributed by atoms with Crippen LogP contribution in [0, 0.1) is 10.1 Å². The number of aliphatic hydroxyl groups is 1. The topological polar surface area (TPSA) is 105 Å². The summed E-state index contributed by atoms with van der Waals surface area (Å²) in [5, 5.41) is 24.4. The first-order chi connectivity index (χ1) is 11.6. The van der Waals surface area contributed by atoms with Crippen LogP contribution in [0.2, 0.25) is 0 Å². The zero-order valence-electron chi connectivity index (χ0n) is 12.6. The molecule has 0 aromatic heterocycles. The summed E-state index contributed by atoms with van der Waals surface area (Å²) in [5.74, 6) is -0.670. The maximum Gasteiger partial charge on any atom is 0.276 e. The highest BCUT2D eigenvalue weighted by Gasteiger charge is 2.15. The second-order valence-corrected chi connectivity index (χ2v) is 4.74. The smallest absolute Gasteiger partial charge is 0.276 e. The Labute approximate surface area is 138 Å². The van der Waals surface area contributed by atoms with Gasteiger partial charge in [0.05, 0.1) is 10.5 Å². The van der Waals surface area contributed by atoms with Crippen molar-refractivity contribution in [2.24, 2.45) is 5.10 Å². The minimum Gasteiger partial charge on any atom is -0.378 e. The minimum absolute atomic E-state index is 0.0225. The van der Waals surface area contributed by atoms with Gasteiger partial charge < -0.3 is 5.11 Å². The lowest BCUT2D eigenvalue weighted by atomic mass is 10.1. The van der Waals surface area contributed by atoms with Gasteiger partial charge in [-0.25, -0.2) is 5.43 Å². The fourth-order valence-corrected chi connectivity index (χ4v) is 1.93. The van der Waals surface area contributed by atoms with E-state index in [-0.39, 0.29) is 5.69 Å². The number of nitrogens with zero attached hydrogens (tertiary/aromatic N) is 2. The van der Waals surface area contributed by atoms with Crippen molar-refractivity contribution in [3.05, 3.63) is 81.9 Å². The Morgan fingerprint density at radius 3 is 2.54 bits per heavy atom. The first-order valence-corrected chi connectivity index (χ1v) is 7.05. The van der Waals surface area contributed by atoms with E-state index in [9.17, 15) is 20.0 Å². The number of carbonyl (C=O) groups excluding carboxylic acids is 1. The highest BCUT2D eigenvalue weighted by atomic mass is 16.6. The molecule has 2 rings (SSSR count). The SMILES string of the molecule is O=C(N/N=C/C=C/c1ccccc1[N+](=O)[O-])C(O)c1ccccc1. The molecule has 1 unspecified atom stereocenters. The first-order valence-electron chi connectivity index (χ1n) is 7.05. The van der Waals surface area contributed by atoms with Crippen LogP contribution < -0.4 is 5.43 Å². The lowest BCUT2D eigenvalue weighted by Gasteiger charge is -2.08. The van der Waals surface area contributed by atoms with Crippen LogP contribution in [0.15, 0.2) is 65.8 Å². The highest BCUT2D eigenvalue weighted by molar-refractivity contribution is 5.84. The molecule has 2 aromatic carbocycles. The monoisotopic (exact) mass is 325 g/mol. The van der Waals surface area contributed by atoms with E-state index in [1.165, 1.54) is 24.4 Å². The number of nitrogens with one attached hydrogen (secondary N) is 1. The molecule has 122 valence electrons. The molecular formula is C17H15N3O4. The second kappa shape index (κ2) is 8.35. The van der Waals surface area contributed by atoms with E-state index >= 15 is 0 Å². The van der Waals surface area contributed by atoms with Crippen LogP contribution in [-0.4, -0.2) is 22.2 Å². The average molecular weight is 325 g/mol. The van der Waals surface area contributed by atoms with E-state index in [2.05, 4.69) is 10.5 Å². The van der Waals surface area contributed by atoms with Crippen LogP contribution in [0.4, 0.5) is 5.69 Å². The van der Waals surface area contributed by atoms with Crippen molar-refractivity contribution in [3.63, 3.8) is 0 Å². The molecule has 24 heavy (non-hydrogen) atoms. The lowest BCUT2D eigenvalue weighted by molar-refractivity contribution is -0.385. The van der Waals surface area contributed by atoms with E-state index in [1.807, 2.05) is 0 Å². The molecule has 0 heterocycles. The third-order valence-electron chi connectivity index (χ3n) is 3.11. The third kappa shape index (κ3) is 4.59. The van der Waals surface area contributed by atoms with Gasteiger partial charge in [0.2, 0.25) is 0 Å². The maximum absolute atomic E-state index is 11.7. The molecule has 0 aliphatic rings. The number of nitro groups is 1. The number of carbonyl (C=O) groups is 1. The molecule has 0 saturated carbocycles. The molecule has 0 saturated heterocycles. The molecular weight excluding hydrogens is 310 g/mol. The molecule has 7 heteroatoms. The van der Waals surface area contributed by atoms with Crippen molar-refractivity contribution in [1.82, 2.24) is 5.43 Å². The Morgan fingerprint density at radius 1 is 1.17 bits per heavy atom. The number of rotatable bonds is 6. The summed E-state index contributed by atoms with van der Waals surface area (Å²) in [6.45, 7) is 0. The van der Waals surface area contributed by atoms with E-state index in [0.717, 1.165) is 0 Å². The van der Waals surface area contributed by atoms with Crippen LogP contribution in [-0.2, 0) is 4.79 Å². The predicted molar refractivity (Wildman–Crippen MR) is 90.2 cm³/mol. The quantitative estimate of drug-likeness (QED) is 0.483. The maximum atomic E-state index is 11.7. The number of hydrogen-bond acceptors (Lipinski definition) is 5. The van der Waals surface area contributed by atoms with Gasteiger partial charge in [-0.1, -0.05) is 42.5 Å². The molecule has 0 spiro atoms. The van der Waals surface area contributed by atoms with Crippen molar-refractivity contribution in [3.8, 4) is 0 Å². The zero-order valence-corrected chi connectivity index (χ0v) is 12.6. The number of nitro benzene ring substituents is 1. The van der Waals surface area contributed by atoms with Gasteiger partial charge in [-0.05, 0) is 23.8 Å². The van der Waals surface area contributed by atoms with Crippen LogP contribution in [0.25, 0.3) is 6.08 Å². The van der Waals surface area contributed by atoms with Gasteiger partial charge in [0.15, 0.2) is 6.10 Å². The summed E-state index contributed by atoms with van der Waals surface area (Å²) in [4.78, 5) is 22.1. The van der Waals surface area contributed by atoms with E-state index in [0.29, 0.717) is 11.1 Å². The Balaban J connectivity index is 1.93. The van der Waals surface area contributed by atoms with E-state index < -0.39 is 16.9 Å². The van der Waals surface area contributed by atoms with E-state index in [4.69, 9.17) is 0 Å². The summed E-state index contributed by atoms with van der Waals surface area (Å²) < 4.78 is 0. The van der Waals surface area contributed by atoms with Gasteiger partial charge in [-0.15, -0.1) is 0 Å². The normalized spacial score (nSPS) is 12.4. The molecule has 1 atom stereocenters. The molecule has 2 N–H and O–H groups in total. The third-order valence-corrected chi connectivity index (χ3v) is 3.11. The van der Waals surface area contributed by atoms with Gasteiger partial charge in [-0.2, -0.15) is 5.10 Å². The molecule has 0 aliphatic heterocycles. The predicted octanol–water partition coefficient (Wildman–Crippen LogP) is 2.44. The number of benzene rings is 2. The first kappa shape index (κ1) is 17.0. The molecule has 0 aliphatic carbocycles. The Kier molecular flexibility index (Phi) is 5.93. The number of amides is 1. The summed E-state index contributed by atoms with van der Waals surface area (Å²) >= 11 is 0. The van der Waals surface area contributed by atoms with Crippen molar-refractivity contribution >= 4 is 23.9 Å². The van der Waals surface area contributed by atoms with Crippen molar-refractivity contribution < 1.29 is 14.8 Å². The fourth-order valence-electron chi connectivity index (χ4n) is 1.93. The molecule has 0 bridgehead atoms. The molecule has 0 radical (unpaired) electrons. The van der Waals surface area contributed by atoms with Gasteiger partial charge in [0.1, 0.15) is 0 Å². The Morgan fingerprint density at radius 2 is 1.83 bits per heavy atom. The fraction of sp³-hybridized carbons (Fsp3) is 0.0588. The van der Waals surface area contributed by atoms with Crippen molar-refractivity contribution in [2.75, 3.05) is 0 Å². The lowest BCUT2D eigenvalue weighted by Crippen LogP contribution is -2.24. The zero-order chi connectivity index (χ0) is 17.4. The highest BCUT2D eigenvalue weighted by Crippen LogP contribution is 2.18. The van der Waals surface area contributed by atoms with Crippen LogP contribution >= 0.6 is 0 Å². The van der Waals surface area contributed by atoms with Crippen LogP contribution in [0.3, 0.4) is 0 Å². The standard InChI is InChI=1S/C17H15N3O4/c21-16(14-8-2-1-3-9-14)17(22)19-18-12-6-10-13-7-4-5-11-15(13)20(23)24/h1-12,16,21H,(H,19,22)/b10-6+,18-12+. The number of para-hydroxylation sites is 1. The number of aliphatic hydroxyl groups excluding tert-OH is 1. The Bertz CT molecular complexity index is 772.